The summed E-state index contributed by atoms with van der Waals surface area (Å²) in [6.45, 7) is 12.7. The number of aromatic nitrogens is 4. The first-order valence-electron chi connectivity index (χ1n) is 25.1. The average Bonchev–Trinajstić information content (AvgIpc) is 4.12. The van der Waals surface area contributed by atoms with Crippen LogP contribution in [0.2, 0.25) is 0 Å². The topological polar surface area (TPSA) is 123 Å². The van der Waals surface area contributed by atoms with E-state index in [4.69, 9.17) is 19.4 Å². The van der Waals surface area contributed by atoms with Crippen LogP contribution in [0.3, 0.4) is 0 Å². The number of hydrogen-bond donors (Lipinski definition) is 2. The van der Waals surface area contributed by atoms with Crippen LogP contribution in [0.15, 0.2) is 48.5 Å². The van der Waals surface area contributed by atoms with Crippen LogP contribution in [0.5, 0.6) is 0 Å². The lowest BCUT2D eigenvalue weighted by atomic mass is 10.0. The summed E-state index contributed by atoms with van der Waals surface area (Å²) < 4.78 is 44.8. The maximum absolute atomic E-state index is 16.4. The summed E-state index contributed by atoms with van der Waals surface area (Å²) in [6.07, 6.45) is 11.8. The number of H-pyrrole nitrogens is 2. The molecule has 356 valence electrons. The number of halogens is 2. The Hall–Kier alpha value is -5.40. The molecule has 0 bridgehead atoms. The Morgan fingerprint density at radius 1 is 0.597 bits per heavy atom. The van der Waals surface area contributed by atoms with Gasteiger partial charge in [0.05, 0.1) is 46.2 Å². The van der Waals surface area contributed by atoms with Gasteiger partial charge in [-0.3, -0.25) is 9.80 Å². The van der Waals surface area contributed by atoms with E-state index in [1.807, 2.05) is 68.4 Å². The number of carbonyl (C=O) groups excluding carboxylic acids is 2. The number of anilines is 2. The Kier molecular flexibility index (Phi) is 11.0. The summed E-state index contributed by atoms with van der Waals surface area (Å²) in [5.41, 5.74) is 4.68. The first-order valence-corrected chi connectivity index (χ1v) is 25.1. The quantitative estimate of drug-likeness (QED) is 0.173. The number of amides is 2. The molecule has 2 amide bonds. The molecule has 8 atom stereocenters. The van der Waals surface area contributed by atoms with Gasteiger partial charge in [0, 0.05) is 30.9 Å². The van der Waals surface area contributed by atoms with Crippen molar-refractivity contribution in [3.8, 4) is 0 Å². The molecule has 4 aliphatic heterocycles. The molecular weight excluding hydrogens is 851 g/mol. The predicted octanol–water partition coefficient (Wildman–Crippen LogP) is 12.5. The van der Waals surface area contributed by atoms with Crippen LogP contribution >= 0.6 is 0 Å². The number of rotatable bonds is 6. The molecule has 2 aliphatic carbocycles. The SMILES string of the molecule is CC(C)(C)OC(=O)N1C2CCCC2C[C@H]1c1nc2ccc([C@H]3CC[C@H](c4ccc5nc([C@@H]6C[C@@H]7CCC[C@@H]7N6C(=O)OC(C)(C)C)[nH]c5c4)N3c3cc(F)c(N4CCCCC4)c(F)c3)cc2[nH]1. The van der Waals surface area contributed by atoms with Gasteiger partial charge >= 0.3 is 12.2 Å². The van der Waals surface area contributed by atoms with Crippen molar-refractivity contribution in [2.24, 2.45) is 11.8 Å². The number of hydrogen-bond acceptors (Lipinski definition) is 8. The van der Waals surface area contributed by atoms with Gasteiger partial charge in [0.1, 0.15) is 28.5 Å². The Bertz CT molecular complexity index is 2530. The number of fused-ring (bicyclic) bond motifs is 4. The zero-order chi connectivity index (χ0) is 46.5. The highest BCUT2D eigenvalue weighted by atomic mass is 19.1. The second-order valence-corrected chi connectivity index (χ2v) is 22.4. The van der Waals surface area contributed by atoms with Crippen molar-refractivity contribution in [2.45, 2.75) is 172 Å². The number of nitrogens with one attached hydrogen (secondary N) is 2. The van der Waals surface area contributed by atoms with Crippen LogP contribution in [-0.4, -0.2) is 78.3 Å². The number of imidazole rings is 2. The third kappa shape index (κ3) is 8.17. The molecule has 2 N–H and O–H groups in total. The van der Waals surface area contributed by atoms with Gasteiger partial charge in [-0.1, -0.05) is 25.0 Å². The predicted molar refractivity (Wildman–Crippen MR) is 255 cm³/mol. The number of ether oxygens (including phenoxy) is 2. The van der Waals surface area contributed by atoms with Crippen molar-refractivity contribution >= 4 is 45.6 Å². The summed E-state index contributed by atoms with van der Waals surface area (Å²) in [5, 5.41) is 0. The van der Waals surface area contributed by atoms with Crippen LogP contribution in [0.4, 0.5) is 29.7 Å². The molecule has 5 aromatic rings. The number of piperidine rings is 1. The standard InChI is InChI=1S/C53H66F2N8O4/c1-52(2,3)66-50(64)62-41-14-10-12-30(41)26-45(62)48-56-37-18-16-32(24-39(37)58-48)43-20-21-44(61(43)34-28-35(54)47(36(55)29-34)60-22-8-7-9-23-60)33-17-19-38-40(25-33)59-49(57-38)46-27-31-13-11-15-42(31)63(46)51(65)67-53(4,5)6/h16-19,24-25,28-31,41-46H,7-15,20-23,26-27H2,1-6H3,(H,56,58)(H,57,59)/t30-,31?,41-,42?,43+,44+,45-,46-/m0/s1. The number of aromatic amines is 2. The molecule has 6 heterocycles. The monoisotopic (exact) mass is 917 g/mol. The highest BCUT2D eigenvalue weighted by Gasteiger charge is 2.50. The minimum absolute atomic E-state index is 0.0570. The van der Waals surface area contributed by atoms with Crippen LogP contribution in [-0.2, 0) is 9.47 Å². The lowest BCUT2D eigenvalue weighted by Gasteiger charge is -2.35. The summed E-state index contributed by atoms with van der Waals surface area (Å²) in [4.78, 5) is 52.8. The maximum atomic E-state index is 16.4. The van der Waals surface area contributed by atoms with E-state index in [9.17, 15) is 9.59 Å². The van der Waals surface area contributed by atoms with Gasteiger partial charge < -0.3 is 29.2 Å². The van der Waals surface area contributed by atoms with Crippen molar-refractivity contribution in [3.63, 3.8) is 0 Å². The lowest BCUT2D eigenvalue weighted by molar-refractivity contribution is 0.0120. The fourth-order valence-corrected chi connectivity index (χ4v) is 13.0. The van der Waals surface area contributed by atoms with Gasteiger partial charge in [-0.2, -0.15) is 0 Å². The summed E-state index contributed by atoms with van der Waals surface area (Å²) >= 11 is 0. The van der Waals surface area contributed by atoms with E-state index in [0.29, 0.717) is 30.6 Å². The van der Waals surface area contributed by atoms with Crippen LogP contribution in [0, 0.1) is 23.5 Å². The van der Waals surface area contributed by atoms with Crippen molar-refractivity contribution in [3.05, 3.63) is 82.9 Å². The third-order valence-corrected chi connectivity index (χ3v) is 15.7. The van der Waals surface area contributed by atoms with Gasteiger partial charge in [-0.25, -0.2) is 28.3 Å². The number of benzene rings is 3. The molecule has 2 unspecified atom stereocenters. The summed E-state index contributed by atoms with van der Waals surface area (Å²) in [7, 11) is 0. The van der Waals surface area contributed by atoms with Crippen LogP contribution in [0.25, 0.3) is 22.1 Å². The smallest absolute Gasteiger partial charge is 0.411 e. The van der Waals surface area contributed by atoms with E-state index in [-0.39, 0.29) is 54.1 Å². The molecule has 2 saturated carbocycles. The molecule has 2 aromatic heterocycles. The number of nitrogens with zero attached hydrogens (tertiary/aromatic N) is 6. The molecule has 67 heavy (non-hydrogen) atoms. The molecule has 0 radical (unpaired) electrons. The first kappa shape index (κ1) is 44.1. The normalized spacial score (nSPS) is 27.7. The van der Waals surface area contributed by atoms with E-state index in [0.717, 1.165) is 128 Å². The van der Waals surface area contributed by atoms with Crippen molar-refractivity contribution in [2.75, 3.05) is 22.9 Å². The fraction of sp³-hybridized carbons (Fsp3) is 0.585. The summed E-state index contributed by atoms with van der Waals surface area (Å²) in [5.74, 6) is 1.25. The molecule has 6 fully saturated rings. The Balaban J connectivity index is 0.936. The highest BCUT2D eigenvalue weighted by molar-refractivity contribution is 5.79. The second-order valence-electron chi connectivity index (χ2n) is 22.4. The fourth-order valence-electron chi connectivity index (χ4n) is 13.0. The van der Waals surface area contributed by atoms with Crippen LogP contribution in [0.1, 0.15) is 172 Å². The van der Waals surface area contributed by atoms with Crippen molar-refractivity contribution in [1.29, 1.82) is 0 Å². The van der Waals surface area contributed by atoms with Gasteiger partial charge in [0.15, 0.2) is 11.6 Å². The molecule has 4 saturated heterocycles. The van der Waals surface area contributed by atoms with Crippen LogP contribution < -0.4 is 9.80 Å². The minimum Gasteiger partial charge on any atom is -0.444 e. The molecule has 11 rings (SSSR count). The van der Waals surface area contributed by atoms with Crippen molar-refractivity contribution in [1.82, 2.24) is 29.7 Å². The van der Waals surface area contributed by atoms with E-state index in [1.54, 1.807) is 0 Å². The molecule has 12 nitrogen and oxygen atoms in total. The van der Waals surface area contributed by atoms with Gasteiger partial charge in [0.2, 0.25) is 0 Å². The van der Waals surface area contributed by atoms with E-state index in [1.165, 1.54) is 12.1 Å². The second kappa shape index (κ2) is 16.7. The zero-order valence-corrected chi connectivity index (χ0v) is 39.9. The zero-order valence-electron chi connectivity index (χ0n) is 39.9. The largest absolute Gasteiger partial charge is 0.444 e. The minimum atomic E-state index is -0.612. The molecule has 6 aliphatic rings. The average molecular weight is 917 g/mol. The van der Waals surface area contributed by atoms with Gasteiger partial charge in [0.25, 0.3) is 0 Å². The highest BCUT2D eigenvalue weighted by Crippen LogP contribution is 2.52. The Labute approximate surface area is 392 Å². The number of carbonyl (C=O) groups is 2. The molecule has 3 aromatic carbocycles. The Morgan fingerprint density at radius 3 is 1.51 bits per heavy atom. The molecular formula is C53H66F2N8O4. The Morgan fingerprint density at radius 2 is 1.06 bits per heavy atom. The van der Waals surface area contributed by atoms with E-state index < -0.39 is 22.8 Å². The lowest BCUT2D eigenvalue weighted by Crippen LogP contribution is -2.41. The van der Waals surface area contributed by atoms with E-state index in [2.05, 4.69) is 39.1 Å². The summed E-state index contributed by atoms with van der Waals surface area (Å²) in [6, 6.07) is 15.0. The molecule has 0 spiro atoms. The van der Waals surface area contributed by atoms with Gasteiger partial charge in [-0.15, -0.1) is 0 Å². The first-order chi connectivity index (χ1) is 32.1. The third-order valence-electron chi connectivity index (χ3n) is 15.7. The number of likely N-dealkylation sites (tertiary alicyclic amines) is 2. The molecule has 14 heteroatoms. The maximum Gasteiger partial charge on any atom is 0.411 e. The van der Waals surface area contributed by atoms with Crippen molar-refractivity contribution < 1.29 is 27.8 Å². The van der Waals surface area contributed by atoms with Gasteiger partial charge in [-0.05, 0) is 172 Å². The van der Waals surface area contributed by atoms with E-state index >= 15 is 8.78 Å².